The molecule has 19 heavy (non-hydrogen) atoms. The van der Waals surface area contributed by atoms with Crippen molar-refractivity contribution < 1.29 is 23.4 Å². The van der Waals surface area contributed by atoms with Crippen molar-refractivity contribution in [3.63, 3.8) is 0 Å². The van der Waals surface area contributed by atoms with Crippen LogP contribution in [-0.2, 0) is 15.0 Å². The van der Waals surface area contributed by atoms with Crippen LogP contribution in [0.25, 0.3) is 0 Å². The summed E-state index contributed by atoms with van der Waals surface area (Å²) in [5, 5.41) is 18.4. The molecule has 0 saturated carbocycles. The fraction of sp³-hybridized carbons (Fsp3) is 0.909. The summed E-state index contributed by atoms with van der Waals surface area (Å²) in [7, 11) is -3.79. The van der Waals surface area contributed by atoms with Crippen LogP contribution in [0.15, 0.2) is 0 Å². The number of carboxylic acids is 1. The molecule has 0 aliphatic carbocycles. The first-order chi connectivity index (χ1) is 8.88. The molecule has 1 fully saturated rings. The molecule has 1 aliphatic rings. The zero-order valence-corrected chi connectivity index (χ0v) is 11.9. The molecule has 8 heteroatoms. The second kappa shape index (κ2) is 7.18. The summed E-state index contributed by atoms with van der Waals surface area (Å²) in [5.41, 5.74) is 0. The quantitative estimate of drug-likeness (QED) is 0.609. The Morgan fingerprint density at radius 3 is 2.74 bits per heavy atom. The van der Waals surface area contributed by atoms with Gasteiger partial charge in [-0.1, -0.05) is 6.92 Å². The van der Waals surface area contributed by atoms with Crippen molar-refractivity contribution in [1.29, 1.82) is 0 Å². The molecule has 2 unspecified atom stereocenters. The highest BCUT2D eigenvalue weighted by atomic mass is 32.2. The van der Waals surface area contributed by atoms with Crippen LogP contribution in [0.5, 0.6) is 0 Å². The maximum absolute atomic E-state index is 12.0. The third-order valence-electron chi connectivity index (χ3n) is 3.28. The third-order valence-corrected chi connectivity index (χ3v) is 4.90. The molecule has 0 aromatic rings. The molecule has 1 rings (SSSR count). The van der Waals surface area contributed by atoms with Gasteiger partial charge in [-0.05, 0) is 32.1 Å². The maximum Gasteiger partial charge on any atom is 0.322 e. The molecule has 0 aromatic heterocycles. The summed E-state index contributed by atoms with van der Waals surface area (Å²) in [6.07, 6.45) is 2.07. The highest BCUT2D eigenvalue weighted by molar-refractivity contribution is 7.87. The van der Waals surface area contributed by atoms with Crippen LogP contribution in [0.1, 0.15) is 39.0 Å². The number of aliphatic hydroxyl groups is 1. The van der Waals surface area contributed by atoms with Crippen molar-refractivity contribution in [2.24, 2.45) is 0 Å². The van der Waals surface area contributed by atoms with Gasteiger partial charge in [0.05, 0.1) is 6.10 Å². The molecule has 1 aliphatic heterocycles. The van der Waals surface area contributed by atoms with Crippen LogP contribution in [0.3, 0.4) is 0 Å². The van der Waals surface area contributed by atoms with Crippen molar-refractivity contribution in [1.82, 2.24) is 9.03 Å². The largest absolute Gasteiger partial charge is 0.480 e. The topological polar surface area (TPSA) is 107 Å². The standard InChI is InChI=1S/C11H22N2O5S/c1-2-9(14)6-7-12-19(17,18)13-8-4-3-5-10(13)11(15)16/h9-10,12,14H,2-8H2,1H3,(H,15,16). The molecule has 0 radical (unpaired) electrons. The van der Waals surface area contributed by atoms with Crippen molar-refractivity contribution in [2.75, 3.05) is 13.1 Å². The predicted molar refractivity (Wildman–Crippen MR) is 69.8 cm³/mol. The summed E-state index contributed by atoms with van der Waals surface area (Å²) in [4.78, 5) is 11.1. The van der Waals surface area contributed by atoms with Crippen LogP contribution < -0.4 is 4.72 Å². The number of rotatable bonds is 7. The zero-order valence-electron chi connectivity index (χ0n) is 11.1. The summed E-state index contributed by atoms with van der Waals surface area (Å²) in [6, 6.07) is -0.984. The van der Waals surface area contributed by atoms with Gasteiger partial charge in [-0.25, -0.2) is 4.72 Å². The number of nitrogens with zero attached hydrogens (tertiary/aromatic N) is 1. The molecule has 0 bridgehead atoms. The van der Waals surface area contributed by atoms with E-state index >= 15 is 0 Å². The molecule has 7 nitrogen and oxygen atoms in total. The van der Waals surface area contributed by atoms with E-state index in [-0.39, 0.29) is 13.1 Å². The van der Waals surface area contributed by atoms with Gasteiger partial charge in [0.25, 0.3) is 10.2 Å². The molecule has 2 atom stereocenters. The lowest BCUT2D eigenvalue weighted by molar-refractivity contribution is -0.142. The van der Waals surface area contributed by atoms with Crippen LogP contribution in [0.2, 0.25) is 0 Å². The van der Waals surface area contributed by atoms with Gasteiger partial charge in [0, 0.05) is 13.1 Å². The Morgan fingerprint density at radius 2 is 2.16 bits per heavy atom. The molecular weight excluding hydrogens is 272 g/mol. The van der Waals surface area contributed by atoms with Crippen LogP contribution in [0.4, 0.5) is 0 Å². The highest BCUT2D eigenvalue weighted by Gasteiger charge is 2.36. The number of aliphatic carboxylic acids is 1. The van der Waals surface area contributed by atoms with Crippen LogP contribution in [-0.4, -0.2) is 54.1 Å². The maximum atomic E-state index is 12.0. The monoisotopic (exact) mass is 294 g/mol. The van der Waals surface area contributed by atoms with Crippen LogP contribution >= 0.6 is 0 Å². The average molecular weight is 294 g/mol. The summed E-state index contributed by atoms with van der Waals surface area (Å²) < 4.78 is 27.4. The van der Waals surface area contributed by atoms with Gasteiger partial charge in [-0.15, -0.1) is 0 Å². The molecule has 1 saturated heterocycles. The number of nitrogens with one attached hydrogen (secondary N) is 1. The fourth-order valence-electron chi connectivity index (χ4n) is 2.08. The highest BCUT2D eigenvalue weighted by Crippen LogP contribution is 2.19. The minimum absolute atomic E-state index is 0.111. The van der Waals surface area contributed by atoms with Crippen molar-refractivity contribution in [3.8, 4) is 0 Å². The van der Waals surface area contributed by atoms with E-state index in [0.29, 0.717) is 25.7 Å². The van der Waals surface area contributed by atoms with E-state index < -0.39 is 28.3 Å². The lowest BCUT2D eigenvalue weighted by atomic mass is 10.1. The molecule has 3 N–H and O–H groups in total. The Bertz CT molecular complexity index is 398. The van der Waals surface area contributed by atoms with Crippen molar-refractivity contribution in [2.45, 2.75) is 51.2 Å². The summed E-state index contributed by atoms with van der Waals surface area (Å²) in [6.45, 7) is 2.15. The van der Waals surface area contributed by atoms with E-state index in [4.69, 9.17) is 5.11 Å². The number of hydrogen-bond acceptors (Lipinski definition) is 4. The first-order valence-electron chi connectivity index (χ1n) is 6.55. The van der Waals surface area contributed by atoms with Gasteiger partial charge in [-0.2, -0.15) is 12.7 Å². The van der Waals surface area contributed by atoms with Gasteiger partial charge in [0.2, 0.25) is 0 Å². The second-order valence-electron chi connectivity index (χ2n) is 4.71. The first kappa shape index (κ1) is 16.4. The summed E-state index contributed by atoms with van der Waals surface area (Å²) in [5.74, 6) is -1.11. The van der Waals surface area contributed by atoms with Crippen molar-refractivity contribution >= 4 is 16.2 Å². The minimum Gasteiger partial charge on any atom is -0.480 e. The van der Waals surface area contributed by atoms with E-state index in [1.807, 2.05) is 6.92 Å². The van der Waals surface area contributed by atoms with E-state index in [1.54, 1.807) is 0 Å². The number of piperidine rings is 1. The Kier molecular flexibility index (Phi) is 6.18. The lowest BCUT2D eigenvalue weighted by Gasteiger charge is -2.31. The van der Waals surface area contributed by atoms with E-state index in [1.165, 1.54) is 0 Å². The van der Waals surface area contributed by atoms with E-state index in [2.05, 4.69) is 4.72 Å². The normalized spacial score (nSPS) is 23.2. The minimum atomic E-state index is -3.79. The van der Waals surface area contributed by atoms with Crippen molar-refractivity contribution in [3.05, 3.63) is 0 Å². The SMILES string of the molecule is CCC(O)CCNS(=O)(=O)N1CCCCC1C(=O)O. The third kappa shape index (κ3) is 4.72. The van der Waals surface area contributed by atoms with Gasteiger partial charge in [-0.3, -0.25) is 4.79 Å². The average Bonchev–Trinajstić information content (AvgIpc) is 2.38. The Morgan fingerprint density at radius 1 is 1.47 bits per heavy atom. The summed E-state index contributed by atoms with van der Waals surface area (Å²) >= 11 is 0. The first-order valence-corrected chi connectivity index (χ1v) is 7.99. The molecule has 0 aromatic carbocycles. The molecular formula is C11H22N2O5S. The molecule has 0 amide bonds. The van der Waals surface area contributed by atoms with Crippen LogP contribution in [0, 0.1) is 0 Å². The zero-order chi connectivity index (χ0) is 14.5. The Hall–Kier alpha value is -0.700. The van der Waals surface area contributed by atoms with Gasteiger partial charge < -0.3 is 10.2 Å². The Labute approximate surface area is 113 Å². The number of carboxylic acid groups (broad SMARTS) is 1. The lowest BCUT2D eigenvalue weighted by Crippen LogP contribution is -2.52. The fourth-order valence-corrected chi connectivity index (χ4v) is 3.52. The van der Waals surface area contributed by atoms with E-state index in [0.717, 1.165) is 10.7 Å². The Balaban J connectivity index is 2.61. The van der Waals surface area contributed by atoms with Gasteiger partial charge in [0.15, 0.2) is 0 Å². The predicted octanol–water partition coefficient (Wildman–Crippen LogP) is -0.0791. The molecule has 0 spiro atoms. The second-order valence-corrected chi connectivity index (χ2v) is 6.42. The number of hydrogen-bond donors (Lipinski definition) is 3. The van der Waals surface area contributed by atoms with E-state index in [9.17, 15) is 18.3 Å². The number of aliphatic hydroxyl groups excluding tert-OH is 1. The van der Waals surface area contributed by atoms with Gasteiger partial charge in [0.1, 0.15) is 6.04 Å². The number of carbonyl (C=O) groups is 1. The molecule has 1 heterocycles. The van der Waals surface area contributed by atoms with Gasteiger partial charge >= 0.3 is 5.97 Å². The molecule has 112 valence electrons. The smallest absolute Gasteiger partial charge is 0.322 e.